The van der Waals surface area contributed by atoms with Gasteiger partial charge in [0.05, 0.1) is 5.69 Å². The molecule has 0 spiro atoms. The van der Waals surface area contributed by atoms with Crippen LogP contribution in [-0.4, -0.2) is 5.91 Å². The second kappa shape index (κ2) is 3.72. The summed E-state index contributed by atoms with van der Waals surface area (Å²) in [6.45, 7) is 0. The Kier molecular flexibility index (Phi) is 2.31. The van der Waals surface area contributed by atoms with Crippen molar-refractivity contribution in [3.05, 3.63) is 24.0 Å². The Morgan fingerprint density at radius 1 is 1.35 bits per heavy atom. The number of nitrogens with one attached hydrogen (secondary N) is 1. The summed E-state index contributed by atoms with van der Waals surface area (Å²) in [5.74, 6) is 0.606. The SMILES string of the molecule is Nc1cccc(F)c1NC(=O)C1C2CCCC21. The van der Waals surface area contributed by atoms with Crippen LogP contribution < -0.4 is 11.1 Å². The summed E-state index contributed by atoms with van der Waals surface area (Å²) >= 11 is 0. The summed E-state index contributed by atoms with van der Waals surface area (Å²) in [4.78, 5) is 12.0. The van der Waals surface area contributed by atoms with Crippen molar-refractivity contribution in [1.82, 2.24) is 0 Å². The van der Waals surface area contributed by atoms with Crippen LogP contribution in [0.25, 0.3) is 0 Å². The third kappa shape index (κ3) is 1.68. The molecule has 4 heteroatoms. The van der Waals surface area contributed by atoms with Crippen LogP contribution in [0.3, 0.4) is 0 Å². The van der Waals surface area contributed by atoms with E-state index in [2.05, 4.69) is 5.32 Å². The Labute approximate surface area is 99.2 Å². The van der Waals surface area contributed by atoms with Gasteiger partial charge in [0, 0.05) is 5.92 Å². The van der Waals surface area contributed by atoms with Crippen molar-refractivity contribution < 1.29 is 9.18 Å². The molecule has 0 aromatic heterocycles. The first-order valence-corrected chi connectivity index (χ1v) is 6.03. The third-order valence-electron chi connectivity index (χ3n) is 4.00. The van der Waals surface area contributed by atoms with Crippen LogP contribution in [0.15, 0.2) is 18.2 Å². The minimum atomic E-state index is -0.468. The fraction of sp³-hybridized carbons (Fsp3) is 0.462. The van der Waals surface area contributed by atoms with Crippen LogP contribution in [0.2, 0.25) is 0 Å². The number of nitrogen functional groups attached to an aromatic ring is 1. The molecular formula is C13H15FN2O. The van der Waals surface area contributed by atoms with Gasteiger partial charge in [-0.15, -0.1) is 0 Å². The van der Waals surface area contributed by atoms with E-state index in [-0.39, 0.29) is 23.2 Å². The second-order valence-electron chi connectivity index (χ2n) is 4.98. The van der Waals surface area contributed by atoms with E-state index in [0.29, 0.717) is 11.8 Å². The molecule has 3 N–H and O–H groups in total. The lowest BCUT2D eigenvalue weighted by molar-refractivity contribution is -0.118. The maximum Gasteiger partial charge on any atom is 0.228 e. The third-order valence-corrected chi connectivity index (χ3v) is 4.00. The fourth-order valence-corrected chi connectivity index (χ4v) is 3.09. The average molecular weight is 234 g/mol. The monoisotopic (exact) mass is 234 g/mol. The maximum absolute atomic E-state index is 13.5. The molecule has 90 valence electrons. The van der Waals surface area contributed by atoms with Gasteiger partial charge in [0.1, 0.15) is 11.5 Å². The van der Waals surface area contributed by atoms with Crippen molar-refractivity contribution in [2.75, 3.05) is 11.1 Å². The highest BCUT2D eigenvalue weighted by atomic mass is 19.1. The predicted molar refractivity (Wildman–Crippen MR) is 63.8 cm³/mol. The van der Waals surface area contributed by atoms with Crippen LogP contribution >= 0.6 is 0 Å². The summed E-state index contributed by atoms with van der Waals surface area (Å²) in [7, 11) is 0. The van der Waals surface area contributed by atoms with Crippen LogP contribution in [-0.2, 0) is 4.79 Å². The van der Waals surface area contributed by atoms with Crippen LogP contribution in [0.4, 0.5) is 15.8 Å². The number of amides is 1. The number of nitrogens with two attached hydrogens (primary N) is 1. The number of halogens is 1. The summed E-state index contributed by atoms with van der Waals surface area (Å²) in [6.07, 6.45) is 3.49. The van der Waals surface area contributed by atoms with Gasteiger partial charge in [-0.3, -0.25) is 4.79 Å². The van der Waals surface area contributed by atoms with Crippen molar-refractivity contribution in [1.29, 1.82) is 0 Å². The number of anilines is 2. The normalized spacial score (nSPS) is 29.8. The zero-order valence-electron chi connectivity index (χ0n) is 9.45. The lowest BCUT2D eigenvalue weighted by Gasteiger charge is -2.09. The lowest BCUT2D eigenvalue weighted by atomic mass is 10.1. The van der Waals surface area contributed by atoms with Gasteiger partial charge in [0.25, 0.3) is 0 Å². The van der Waals surface area contributed by atoms with E-state index in [1.807, 2.05) is 0 Å². The zero-order chi connectivity index (χ0) is 12.0. The van der Waals surface area contributed by atoms with Crippen molar-refractivity contribution >= 4 is 17.3 Å². The Morgan fingerprint density at radius 3 is 2.71 bits per heavy atom. The first kappa shape index (κ1) is 10.6. The van der Waals surface area contributed by atoms with Crippen LogP contribution in [0.1, 0.15) is 19.3 Å². The van der Waals surface area contributed by atoms with Crippen molar-refractivity contribution in [3.8, 4) is 0 Å². The molecule has 1 aromatic rings. The lowest BCUT2D eigenvalue weighted by Crippen LogP contribution is -2.18. The molecule has 2 fully saturated rings. The smallest absolute Gasteiger partial charge is 0.228 e. The first-order chi connectivity index (χ1) is 8.18. The number of carbonyl (C=O) groups excluding carboxylic acids is 1. The molecule has 2 atom stereocenters. The number of fused-ring (bicyclic) bond motifs is 1. The van der Waals surface area contributed by atoms with Gasteiger partial charge in [-0.25, -0.2) is 4.39 Å². The first-order valence-electron chi connectivity index (χ1n) is 6.03. The Bertz CT molecular complexity index is 444. The minimum absolute atomic E-state index is 0.0727. The summed E-state index contributed by atoms with van der Waals surface area (Å²) in [5.41, 5.74) is 6.06. The molecule has 17 heavy (non-hydrogen) atoms. The molecule has 0 bridgehead atoms. The number of para-hydroxylation sites is 1. The highest BCUT2D eigenvalue weighted by Gasteiger charge is 2.56. The molecule has 0 aliphatic heterocycles. The van der Waals surface area contributed by atoms with Crippen molar-refractivity contribution in [3.63, 3.8) is 0 Å². The molecule has 1 aromatic carbocycles. The van der Waals surface area contributed by atoms with Gasteiger partial charge in [-0.1, -0.05) is 12.5 Å². The van der Waals surface area contributed by atoms with E-state index in [4.69, 9.17) is 5.73 Å². The second-order valence-corrected chi connectivity index (χ2v) is 4.98. The molecular weight excluding hydrogens is 219 g/mol. The van der Waals surface area contributed by atoms with E-state index in [1.165, 1.54) is 18.6 Å². The van der Waals surface area contributed by atoms with E-state index < -0.39 is 5.82 Å². The highest BCUT2D eigenvalue weighted by molar-refractivity contribution is 5.97. The molecule has 0 saturated heterocycles. The molecule has 2 aliphatic rings. The van der Waals surface area contributed by atoms with Crippen molar-refractivity contribution in [2.45, 2.75) is 19.3 Å². The quantitative estimate of drug-likeness (QED) is 0.772. The van der Waals surface area contributed by atoms with E-state index in [9.17, 15) is 9.18 Å². The molecule has 3 nitrogen and oxygen atoms in total. The number of hydrogen-bond acceptors (Lipinski definition) is 2. The average Bonchev–Trinajstić information content (AvgIpc) is 2.78. The maximum atomic E-state index is 13.5. The summed E-state index contributed by atoms with van der Waals surface area (Å²) in [6, 6.07) is 4.43. The highest BCUT2D eigenvalue weighted by Crippen LogP contribution is 2.57. The summed E-state index contributed by atoms with van der Waals surface area (Å²) in [5, 5.41) is 2.63. The summed E-state index contributed by atoms with van der Waals surface area (Å²) < 4.78 is 13.5. The van der Waals surface area contributed by atoms with E-state index in [0.717, 1.165) is 12.8 Å². The molecule has 0 radical (unpaired) electrons. The number of benzene rings is 1. The molecule has 2 saturated carbocycles. The Hall–Kier alpha value is -1.58. The van der Waals surface area contributed by atoms with Crippen molar-refractivity contribution in [2.24, 2.45) is 17.8 Å². The van der Waals surface area contributed by atoms with Gasteiger partial charge in [0.2, 0.25) is 5.91 Å². The van der Waals surface area contributed by atoms with Crippen LogP contribution in [0, 0.1) is 23.6 Å². The van der Waals surface area contributed by atoms with Gasteiger partial charge >= 0.3 is 0 Å². The fourth-order valence-electron chi connectivity index (χ4n) is 3.09. The van der Waals surface area contributed by atoms with Gasteiger partial charge in [0.15, 0.2) is 0 Å². The van der Waals surface area contributed by atoms with E-state index >= 15 is 0 Å². The molecule has 0 heterocycles. The molecule has 1 amide bonds. The Balaban J connectivity index is 1.73. The number of carbonyl (C=O) groups is 1. The number of hydrogen-bond donors (Lipinski definition) is 2. The topological polar surface area (TPSA) is 55.1 Å². The van der Waals surface area contributed by atoms with Gasteiger partial charge in [-0.05, 0) is 36.8 Å². The van der Waals surface area contributed by atoms with Gasteiger partial charge in [-0.2, -0.15) is 0 Å². The Morgan fingerprint density at radius 2 is 2.06 bits per heavy atom. The predicted octanol–water partition coefficient (Wildman–Crippen LogP) is 2.39. The minimum Gasteiger partial charge on any atom is -0.397 e. The molecule has 2 aliphatic carbocycles. The number of rotatable bonds is 2. The van der Waals surface area contributed by atoms with E-state index in [1.54, 1.807) is 6.07 Å². The zero-order valence-corrected chi connectivity index (χ0v) is 9.45. The van der Waals surface area contributed by atoms with Crippen LogP contribution in [0.5, 0.6) is 0 Å². The molecule has 2 unspecified atom stereocenters. The molecule has 3 rings (SSSR count). The standard InChI is InChI=1S/C13H15FN2O/c14-9-5-2-6-10(15)12(9)16-13(17)11-7-3-1-4-8(7)11/h2,5-8,11H,1,3-4,15H2,(H,16,17). The van der Waals surface area contributed by atoms with Gasteiger partial charge < -0.3 is 11.1 Å². The largest absolute Gasteiger partial charge is 0.397 e.